The van der Waals surface area contributed by atoms with Gasteiger partial charge in [0.25, 0.3) is 5.91 Å². The Kier molecular flexibility index (Phi) is 8.49. The molecule has 0 spiro atoms. The summed E-state index contributed by atoms with van der Waals surface area (Å²) in [6.07, 6.45) is 4.57. The Morgan fingerprint density at radius 3 is 2.42 bits per heavy atom. The molecule has 9 nitrogen and oxygen atoms in total. The summed E-state index contributed by atoms with van der Waals surface area (Å²) in [6.45, 7) is 0.0136. The standard InChI is InChI=1S/C23H20ClN5O4/c24-19-3-1-2-4-20(19)28-21(30)15-33-18-7-5-16(6-8-18)14-27-29-23(32)22(31)26-13-17-9-11-25-12-10-17/h1-12,14H,13,15H2,(H,26,31)(H,28,30)(H,29,32)/b27-14+. The van der Waals surface area contributed by atoms with Crippen molar-refractivity contribution in [3.63, 3.8) is 0 Å². The van der Waals surface area contributed by atoms with Gasteiger partial charge in [0.1, 0.15) is 5.75 Å². The van der Waals surface area contributed by atoms with Crippen LogP contribution in [-0.2, 0) is 20.9 Å². The average molecular weight is 466 g/mol. The first-order valence-corrected chi connectivity index (χ1v) is 10.2. The van der Waals surface area contributed by atoms with E-state index in [1.807, 2.05) is 0 Å². The van der Waals surface area contributed by atoms with Gasteiger partial charge < -0.3 is 15.4 Å². The number of hydrogen-bond acceptors (Lipinski definition) is 6. The summed E-state index contributed by atoms with van der Waals surface area (Å²) >= 11 is 6.00. The van der Waals surface area contributed by atoms with Crippen LogP contribution in [0, 0.1) is 0 Å². The largest absolute Gasteiger partial charge is 0.484 e. The minimum atomic E-state index is -0.884. The molecule has 0 atom stereocenters. The maximum atomic E-state index is 12.0. The maximum Gasteiger partial charge on any atom is 0.329 e. The second kappa shape index (κ2) is 12.0. The lowest BCUT2D eigenvalue weighted by Crippen LogP contribution is -2.37. The zero-order valence-corrected chi connectivity index (χ0v) is 18.1. The molecule has 0 bridgehead atoms. The predicted molar refractivity (Wildman–Crippen MR) is 124 cm³/mol. The number of nitrogens with one attached hydrogen (secondary N) is 3. The molecule has 3 N–H and O–H groups in total. The van der Waals surface area contributed by atoms with Crippen molar-refractivity contribution in [2.75, 3.05) is 11.9 Å². The van der Waals surface area contributed by atoms with E-state index in [0.29, 0.717) is 22.0 Å². The summed E-state index contributed by atoms with van der Waals surface area (Å²) in [5, 5.41) is 9.35. The molecular formula is C23H20ClN5O4. The maximum absolute atomic E-state index is 12.0. The van der Waals surface area contributed by atoms with Crippen LogP contribution >= 0.6 is 11.6 Å². The summed E-state index contributed by atoms with van der Waals surface area (Å²) in [5.74, 6) is -1.56. The number of hydrazone groups is 1. The number of pyridine rings is 1. The Labute approximate surface area is 194 Å². The van der Waals surface area contributed by atoms with Crippen LogP contribution in [0.3, 0.4) is 0 Å². The highest BCUT2D eigenvalue weighted by molar-refractivity contribution is 6.35. The molecule has 0 aliphatic heterocycles. The van der Waals surface area contributed by atoms with E-state index in [-0.39, 0.29) is 19.1 Å². The Morgan fingerprint density at radius 1 is 0.970 bits per heavy atom. The van der Waals surface area contributed by atoms with Gasteiger partial charge in [-0.2, -0.15) is 5.10 Å². The van der Waals surface area contributed by atoms with Crippen molar-refractivity contribution in [2.24, 2.45) is 5.10 Å². The fraction of sp³-hybridized carbons (Fsp3) is 0.0870. The zero-order valence-electron chi connectivity index (χ0n) is 17.3. The highest BCUT2D eigenvalue weighted by Crippen LogP contribution is 2.20. The van der Waals surface area contributed by atoms with Crippen molar-refractivity contribution in [2.45, 2.75) is 6.54 Å². The van der Waals surface area contributed by atoms with Crippen LogP contribution in [0.4, 0.5) is 5.69 Å². The molecule has 0 saturated carbocycles. The molecule has 33 heavy (non-hydrogen) atoms. The monoisotopic (exact) mass is 465 g/mol. The normalized spacial score (nSPS) is 10.5. The van der Waals surface area contributed by atoms with Crippen LogP contribution in [0.2, 0.25) is 5.02 Å². The van der Waals surface area contributed by atoms with Gasteiger partial charge in [-0.25, -0.2) is 5.43 Å². The first-order chi connectivity index (χ1) is 16.0. The first-order valence-electron chi connectivity index (χ1n) is 9.78. The van der Waals surface area contributed by atoms with Crippen molar-refractivity contribution >= 4 is 41.2 Å². The summed E-state index contributed by atoms with van der Waals surface area (Å²) in [5.41, 5.74) is 4.14. The number of amides is 3. The van der Waals surface area contributed by atoms with Crippen LogP contribution in [0.1, 0.15) is 11.1 Å². The minimum absolute atomic E-state index is 0.191. The fourth-order valence-electron chi connectivity index (χ4n) is 2.53. The lowest BCUT2D eigenvalue weighted by Gasteiger charge is -2.08. The second-order valence-electron chi connectivity index (χ2n) is 6.62. The van der Waals surface area contributed by atoms with Gasteiger partial charge in [0.05, 0.1) is 16.9 Å². The molecule has 0 aliphatic rings. The molecule has 0 aliphatic carbocycles. The number of anilines is 1. The van der Waals surface area contributed by atoms with Crippen molar-refractivity contribution in [1.29, 1.82) is 0 Å². The third-order valence-electron chi connectivity index (χ3n) is 4.19. The molecular weight excluding hydrogens is 446 g/mol. The molecule has 0 unspecified atom stereocenters. The minimum Gasteiger partial charge on any atom is -0.484 e. The number of para-hydroxylation sites is 1. The number of halogens is 1. The second-order valence-corrected chi connectivity index (χ2v) is 7.03. The van der Waals surface area contributed by atoms with Gasteiger partial charge in [-0.15, -0.1) is 0 Å². The van der Waals surface area contributed by atoms with Gasteiger partial charge in [-0.1, -0.05) is 23.7 Å². The number of hydrogen-bond donors (Lipinski definition) is 3. The van der Waals surface area contributed by atoms with Crippen LogP contribution < -0.4 is 20.8 Å². The van der Waals surface area contributed by atoms with Crippen molar-refractivity contribution < 1.29 is 19.1 Å². The molecule has 0 radical (unpaired) electrons. The third kappa shape index (κ3) is 7.75. The Balaban J connectivity index is 1.40. The lowest BCUT2D eigenvalue weighted by molar-refractivity contribution is -0.139. The first kappa shape index (κ1) is 23.4. The van der Waals surface area contributed by atoms with E-state index < -0.39 is 11.8 Å². The van der Waals surface area contributed by atoms with Gasteiger partial charge in [-0.3, -0.25) is 19.4 Å². The number of nitrogens with zero attached hydrogens (tertiary/aromatic N) is 2. The number of aromatic nitrogens is 1. The third-order valence-corrected chi connectivity index (χ3v) is 4.52. The number of rotatable bonds is 8. The summed E-state index contributed by atoms with van der Waals surface area (Å²) in [4.78, 5) is 39.5. The van der Waals surface area contributed by atoms with E-state index in [9.17, 15) is 14.4 Å². The summed E-state index contributed by atoms with van der Waals surface area (Å²) in [7, 11) is 0. The van der Waals surface area contributed by atoms with Crippen molar-refractivity contribution in [3.8, 4) is 5.75 Å². The van der Waals surface area contributed by atoms with Gasteiger partial charge in [0.2, 0.25) is 0 Å². The van der Waals surface area contributed by atoms with Gasteiger partial charge in [0.15, 0.2) is 6.61 Å². The van der Waals surface area contributed by atoms with E-state index in [4.69, 9.17) is 16.3 Å². The Hall–Kier alpha value is -4.24. The lowest BCUT2D eigenvalue weighted by atomic mass is 10.2. The van der Waals surface area contributed by atoms with Crippen molar-refractivity contribution in [3.05, 3.63) is 89.2 Å². The van der Waals surface area contributed by atoms with Crippen LogP contribution in [0.5, 0.6) is 5.75 Å². The van der Waals surface area contributed by atoms with E-state index in [1.165, 1.54) is 6.21 Å². The smallest absolute Gasteiger partial charge is 0.329 e. The van der Waals surface area contributed by atoms with Gasteiger partial charge in [0, 0.05) is 18.9 Å². The number of benzene rings is 2. The molecule has 0 saturated heterocycles. The highest BCUT2D eigenvalue weighted by atomic mass is 35.5. The molecule has 1 heterocycles. The van der Waals surface area contributed by atoms with Crippen molar-refractivity contribution in [1.82, 2.24) is 15.7 Å². The number of ether oxygens (including phenoxy) is 1. The summed E-state index contributed by atoms with van der Waals surface area (Å²) in [6, 6.07) is 17.0. The van der Waals surface area contributed by atoms with Crippen LogP contribution in [0.15, 0.2) is 78.2 Å². The Bertz CT molecular complexity index is 1140. The van der Waals surface area contributed by atoms with E-state index in [2.05, 4.69) is 26.1 Å². The zero-order chi connectivity index (χ0) is 23.5. The SMILES string of the molecule is O=C(COc1ccc(/C=N/NC(=O)C(=O)NCc2ccncc2)cc1)Nc1ccccc1Cl. The molecule has 10 heteroatoms. The van der Waals surface area contributed by atoms with E-state index >= 15 is 0 Å². The van der Waals surface area contributed by atoms with Gasteiger partial charge in [-0.05, 0) is 59.7 Å². The fourth-order valence-corrected chi connectivity index (χ4v) is 2.71. The Morgan fingerprint density at radius 2 is 1.70 bits per heavy atom. The quantitative estimate of drug-likeness (QED) is 0.268. The van der Waals surface area contributed by atoms with Crippen LogP contribution in [-0.4, -0.2) is 35.5 Å². The molecule has 3 aromatic rings. The molecule has 3 rings (SSSR count). The van der Waals surface area contributed by atoms with Crippen LogP contribution in [0.25, 0.3) is 0 Å². The molecule has 1 aromatic heterocycles. The molecule has 168 valence electrons. The predicted octanol–water partition coefficient (Wildman–Crippen LogP) is 2.52. The van der Waals surface area contributed by atoms with E-state index in [0.717, 1.165) is 5.56 Å². The topological polar surface area (TPSA) is 122 Å². The molecule has 0 fully saturated rings. The highest BCUT2D eigenvalue weighted by Gasteiger charge is 2.11. The number of carbonyl (C=O) groups excluding carboxylic acids is 3. The summed E-state index contributed by atoms with van der Waals surface area (Å²) < 4.78 is 5.45. The van der Waals surface area contributed by atoms with E-state index in [1.54, 1.807) is 73.1 Å². The molecule has 3 amide bonds. The number of carbonyl (C=O) groups is 3. The molecule has 2 aromatic carbocycles. The average Bonchev–Trinajstić information content (AvgIpc) is 2.84. The van der Waals surface area contributed by atoms with Gasteiger partial charge >= 0.3 is 11.8 Å².